The van der Waals surface area contributed by atoms with Gasteiger partial charge in [-0.1, -0.05) is 56.1 Å². The minimum absolute atomic E-state index is 0.245. The van der Waals surface area contributed by atoms with E-state index in [0.29, 0.717) is 42.1 Å². The minimum atomic E-state index is -0.264. The Labute approximate surface area is 183 Å². The summed E-state index contributed by atoms with van der Waals surface area (Å²) in [6, 6.07) is 14.8. The van der Waals surface area contributed by atoms with E-state index < -0.39 is 0 Å². The molecule has 1 saturated heterocycles. The smallest absolute Gasteiger partial charge is 0.319 e. The fourth-order valence-electron chi connectivity index (χ4n) is 3.92. The maximum absolute atomic E-state index is 12.6. The van der Waals surface area contributed by atoms with Crippen molar-refractivity contribution in [3.05, 3.63) is 64.7 Å². The van der Waals surface area contributed by atoms with Crippen LogP contribution in [-0.2, 0) is 17.9 Å². The third kappa shape index (κ3) is 6.49. The van der Waals surface area contributed by atoms with Gasteiger partial charge in [0.15, 0.2) is 0 Å². The fraction of sp³-hybridized carbons (Fsp3) is 0.417. The number of hydrogen-bond acceptors (Lipinski definition) is 2. The predicted octanol–water partition coefficient (Wildman–Crippen LogP) is 5.45. The van der Waals surface area contributed by atoms with E-state index in [1.807, 2.05) is 41.3 Å². The Morgan fingerprint density at radius 2 is 1.77 bits per heavy atom. The first-order chi connectivity index (χ1) is 14.4. The lowest BCUT2D eigenvalue weighted by atomic mass is 9.93. The molecule has 1 aliphatic heterocycles. The quantitative estimate of drug-likeness (QED) is 0.644. The Morgan fingerprint density at radius 1 is 1.10 bits per heavy atom. The summed E-state index contributed by atoms with van der Waals surface area (Å²) < 4.78 is 0. The molecule has 2 N–H and O–H groups in total. The molecule has 3 amide bonds. The highest BCUT2D eigenvalue weighted by Crippen LogP contribution is 2.26. The molecule has 1 heterocycles. The normalized spacial score (nSPS) is 19.3. The first kappa shape index (κ1) is 22.2. The number of nitrogens with one attached hydrogen (secondary N) is 2. The molecular formula is C24H30ClN3O2. The van der Waals surface area contributed by atoms with Crippen LogP contribution in [0, 0.1) is 11.8 Å². The van der Waals surface area contributed by atoms with Crippen LogP contribution in [0.3, 0.4) is 0 Å². The molecule has 5 nitrogen and oxygen atoms in total. The molecule has 2 aromatic rings. The van der Waals surface area contributed by atoms with E-state index in [-0.39, 0.29) is 11.9 Å². The Morgan fingerprint density at radius 3 is 2.43 bits per heavy atom. The largest absolute Gasteiger partial charge is 0.338 e. The number of rotatable bonds is 6. The number of benzene rings is 2. The van der Waals surface area contributed by atoms with Crippen LogP contribution in [0.25, 0.3) is 0 Å². The SMILES string of the molecule is CCC1CC(=O)N(Cc2ccc(NC(=O)NCc3ccc(Cl)cc3)cc2)CC(C)C1. The summed E-state index contributed by atoms with van der Waals surface area (Å²) in [6.45, 7) is 6.24. The van der Waals surface area contributed by atoms with Crippen LogP contribution in [0.15, 0.2) is 48.5 Å². The van der Waals surface area contributed by atoms with Crippen LogP contribution in [0.4, 0.5) is 10.5 Å². The predicted molar refractivity (Wildman–Crippen MR) is 121 cm³/mol. The number of anilines is 1. The third-order valence-corrected chi connectivity index (χ3v) is 5.86. The average Bonchev–Trinajstić information content (AvgIpc) is 2.86. The lowest BCUT2D eigenvalue weighted by molar-refractivity contribution is -0.132. The molecule has 0 aromatic heterocycles. The number of carbonyl (C=O) groups is 2. The van der Waals surface area contributed by atoms with Crippen molar-refractivity contribution in [1.82, 2.24) is 10.2 Å². The van der Waals surface area contributed by atoms with Gasteiger partial charge in [0.2, 0.25) is 5.91 Å². The molecule has 0 spiro atoms. The van der Waals surface area contributed by atoms with E-state index in [9.17, 15) is 9.59 Å². The van der Waals surface area contributed by atoms with Gasteiger partial charge in [-0.15, -0.1) is 0 Å². The van der Waals surface area contributed by atoms with Gasteiger partial charge in [0.25, 0.3) is 0 Å². The van der Waals surface area contributed by atoms with Gasteiger partial charge in [-0.3, -0.25) is 4.79 Å². The Hall–Kier alpha value is -2.53. The summed E-state index contributed by atoms with van der Waals surface area (Å²) in [6.07, 6.45) is 2.82. The van der Waals surface area contributed by atoms with Gasteiger partial charge >= 0.3 is 6.03 Å². The minimum Gasteiger partial charge on any atom is -0.338 e. The van der Waals surface area contributed by atoms with Crippen LogP contribution in [0.1, 0.15) is 44.2 Å². The number of amides is 3. The van der Waals surface area contributed by atoms with Crippen LogP contribution in [-0.4, -0.2) is 23.4 Å². The van der Waals surface area contributed by atoms with Crippen molar-refractivity contribution in [2.24, 2.45) is 11.8 Å². The van der Waals surface area contributed by atoms with E-state index >= 15 is 0 Å². The summed E-state index contributed by atoms with van der Waals surface area (Å²) in [5.74, 6) is 1.26. The van der Waals surface area contributed by atoms with E-state index in [1.54, 1.807) is 12.1 Å². The molecule has 2 aromatic carbocycles. The first-order valence-electron chi connectivity index (χ1n) is 10.6. The molecule has 1 fully saturated rings. The van der Waals surface area contributed by atoms with Crippen LogP contribution in [0.5, 0.6) is 0 Å². The van der Waals surface area contributed by atoms with Gasteiger partial charge in [0.05, 0.1) is 0 Å². The van der Waals surface area contributed by atoms with Crippen molar-refractivity contribution in [2.75, 3.05) is 11.9 Å². The highest BCUT2D eigenvalue weighted by molar-refractivity contribution is 6.30. The summed E-state index contributed by atoms with van der Waals surface area (Å²) in [5.41, 5.74) is 2.76. The molecule has 2 unspecified atom stereocenters. The molecule has 0 radical (unpaired) electrons. The van der Waals surface area contributed by atoms with Crippen molar-refractivity contribution in [2.45, 2.75) is 46.2 Å². The lowest BCUT2D eigenvalue weighted by Gasteiger charge is -2.23. The monoisotopic (exact) mass is 427 g/mol. The number of urea groups is 1. The van der Waals surface area contributed by atoms with Crippen LogP contribution < -0.4 is 10.6 Å². The molecule has 0 bridgehead atoms. The Kier molecular flexibility index (Phi) is 7.75. The summed E-state index contributed by atoms with van der Waals surface area (Å²) in [7, 11) is 0. The van der Waals surface area contributed by atoms with Gasteiger partial charge in [0, 0.05) is 36.8 Å². The zero-order valence-electron chi connectivity index (χ0n) is 17.7. The molecule has 6 heteroatoms. The van der Waals surface area contributed by atoms with Crippen molar-refractivity contribution in [3.63, 3.8) is 0 Å². The molecule has 0 aliphatic carbocycles. The first-order valence-corrected chi connectivity index (χ1v) is 11.0. The standard InChI is InChI=1S/C24H30ClN3O2/c1-3-18-12-17(2)15-28(23(29)13-18)16-20-6-10-22(11-7-20)27-24(30)26-14-19-4-8-21(25)9-5-19/h4-11,17-18H,3,12-16H2,1-2H3,(H2,26,27,30). The Bertz CT molecular complexity index is 852. The van der Waals surface area contributed by atoms with Gasteiger partial charge < -0.3 is 15.5 Å². The third-order valence-electron chi connectivity index (χ3n) is 5.61. The molecule has 160 valence electrons. The van der Waals surface area contributed by atoms with Gasteiger partial charge in [-0.05, 0) is 53.6 Å². The molecule has 30 heavy (non-hydrogen) atoms. The van der Waals surface area contributed by atoms with Gasteiger partial charge in [-0.25, -0.2) is 4.79 Å². The molecule has 2 atom stereocenters. The van der Waals surface area contributed by atoms with Gasteiger partial charge in [0.1, 0.15) is 0 Å². The van der Waals surface area contributed by atoms with Crippen LogP contribution in [0.2, 0.25) is 5.02 Å². The molecule has 3 rings (SSSR count). The zero-order chi connectivity index (χ0) is 21.5. The van der Waals surface area contributed by atoms with Crippen molar-refractivity contribution in [1.29, 1.82) is 0 Å². The van der Waals surface area contributed by atoms with E-state index in [0.717, 1.165) is 30.5 Å². The van der Waals surface area contributed by atoms with E-state index in [4.69, 9.17) is 11.6 Å². The van der Waals surface area contributed by atoms with E-state index in [1.165, 1.54) is 0 Å². The molecule has 1 aliphatic rings. The fourth-order valence-corrected chi connectivity index (χ4v) is 4.04. The van der Waals surface area contributed by atoms with Crippen LogP contribution >= 0.6 is 11.6 Å². The molecular weight excluding hydrogens is 398 g/mol. The van der Waals surface area contributed by atoms with Gasteiger partial charge in [-0.2, -0.15) is 0 Å². The summed E-state index contributed by atoms with van der Waals surface area (Å²) in [4.78, 5) is 26.7. The highest BCUT2D eigenvalue weighted by Gasteiger charge is 2.26. The summed E-state index contributed by atoms with van der Waals surface area (Å²) >= 11 is 5.87. The topological polar surface area (TPSA) is 61.4 Å². The number of hydrogen-bond donors (Lipinski definition) is 2. The van der Waals surface area contributed by atoms with Crippen molar-refractivity contribution >= 4 is 29.2 Å². The number of carbonyl (C=O) groups excluding carboxylic acids is 2. The second kappa shape index (κ2) is 10.5. The highest BCUT2D eigenvalue weighted by atomic mass is 35.5. The van der Waals surface area contributed by atoms with Crippen molar-refractivity contribution < 1.29 is 9.59 Å². The Balaban J connectivity index is 1.51. The lowest BCUT2D eigenvalue weighted by Crippen LogP contribution is -2.32. The second-order valence-corrected chi connectivity index (χ2v) is 8.66. The maximum Gasteiger partial charge on any atom is 0.319 e. The van der Waals surface area contributed by atoms with Crippen molar-refractivity contribution in [3.8, 4) is 0 Å². The number of halogens is 1. The second-order valence-electron chi connectivity index (χ2n) is 8.22. The average molecular weight is 428 g/mol. The summed E-state index contributed by atoms with van der Waals surface area (Å²) in [5, 5.41) is 6.34. The van der Waals surface area contributed by atoms with E-state index in [2.05, 4.69) is 24.5 Å². The molecule has 0 saturated carbocycles. The number of nitrogens with zero attached hydrogens (tertiary/aromatic N) is 1. The maximum atomic E-state index is 12.6. The number of likely N-dealkylation sites (tertiary alicyclic amines) is 1. The zero-order valence-corrected chi connectivity index (χ0v) is 18.4.